The van der Waals surface area contributed by atoms with Crippen molar-refractivity contribution in [1.29, 1.82) is 0 Å². The number of hydrogen-bond acceptors (Lipinski definition) is 3. The van der Waals surface area contributed by atoms with E-state index < -0.39 is 0 Å². The number of nitrogens with one attached hydrogen (secondary N) is 2. The minimum atomic E-state index is 1.09. The van der Waals surface area contributed by atoms with Gasteiger partial charge < -0.3 is 10.6 Å². The van der Waals surface area contributed by atoms with Crippen LogP contribution >= 0.6 is 11.8 Å². The van der Waals surface area contributed by atoms with Gasteiger partial charge in [0.05, 0.1) is 0 Å². The van der Waals surface area contributed by atoms with Gasteiger partial charge in [0.25, 0.3) is 0 Å². The Hall–Kier alpha value is 0.270. The molecular weight excluding hydrogens is 168 g/mol. The summed E-state index contributed by atoms with van der Waals surface area (Å²) in [6.07, 6.45) is 4.70. The Labute approximate surface area is 80.9 Å². The summed E-state index contributed by atoms with van der Waals surface area (Å²) in [5.74, 6) is 1.28. The number of rotatable bonds is 9. The van der Waals surface area contributed by atoms with Gasteiger partial charge in [-0.1, -0.05) is 6.92 Å². The van der Waals surface area contributed by atoms with Crippen LogP contribution in [0.15, 0.2) is 0 Å². The summed E-state index contributed by atoms with van der Waals surface area (Å²) in [6, 6.07) is 0. The van der Waals surface area contributed by atoms with Crippen molar-refractivity contribution in [2.75, 3.05) is 38.2 Å². The lowest BCUT2D eigenvalue weighted by Crippen LogP contribution is -2.22. The zero-order valence-corrected chi connectivity index (χ0v) is 9.17. The van der Waals surface area contributed by atoms with E-state index in [0.717, 1.165) is 19.6 Å². The molecule has 3 heteroatoms. The Bertz CT molecular complexity index is 68.9. The predicted octanol–water partition coefficient (Wildman–Crippen LogP) is 1.33. The first-order valence-electron chi connectivity index (χ1n) is 4.82. The smallest absolute Gasteiger partial charge is 0.00368 e. The molecule has 0 aliphatic heterocycles. The maximum atomic E-state index is 3.43. The Morgan fingerprint density at radius 1 is 1.00 bits per heavy atom. The van der Waals surface area contributed by atoms with Crippen molar-refractivity contribution in [2.45, 2.75) is 19.8 Å². The first kappa shape index (κ1) is 12.3. The zero-order valence-electron chi connectivity index (χ0n) is 8.36. The molecule has 0 spiro atoms. The summed E-state index contributed by atoms with van der Waals surface area (Å²) in [4.78, 5) is 0. The molecule has 0 aromatic carbocycles. The summed E-state index contributed by atoms with van der Waals surface area (Å²) >= 11 is 1.92. The predicted molar refractivity (Wildman–Crippen MR) is 59.0 cm³/mol. The highest BCUT2D eigenvalue weighted by atomic mass is 32.2. The fourth-order valence-electron chi connectivity index (χ4n) is 0.982. The normalized spacial score (nSPS) is 10.5. The van der Waals surface area contributed by atoms with E-state index in [1.807, 2.05) is 11.8 Å². The van der Waals surface area contributed by atoms with Crippen LogP contribution in [0.25, 0.3) is 0 Å². The number of hydrogen-bond donors (Lipinski definition) is 2. The standard InChI is InChI=1S/C9H22N2S/c1-3-10-6-4-7-11-8-5-9-12-2/h10-11H,3-9H2,1-2H3. The molecule has 0 fully saturated rings. The average molecular weight is 190 g/mol. The summed E-state index contributed by atoms with van der Waals surface area (Å²) in [7, 11) is 0. The molecule has 0 saturated heterocycles. The molecule has 0 saturated carbocycles. The van der Waals surface area contributed by atoms with Crippen molar-refractivity contribution in [3.8, 4) is 0 Å². The molecule has 0 aliphatic rings. The van der Waals surface area contributed by atoms with Gasteiger partial charge in [-0.2, -0.15) is 11.8 Å². The second kappa shape index (κ2) is 11.3. The third kappa shape index (κ3) is 10.3. The second-order valence-corrected chi connectivity index (χ2v) is 3.79. The SMILES string of the molecule is CCNCCCNCCCSC. The Morgan fingerprint density at radius 2 is 1.67 bits per heavy atom. The maximum absolute atomic E-state index is 3.43. The summed E-state index contributed by atoms with van der Waals surface area (Å²) in [5, 5.41) is 6.73. The fraction of sp³-hybridized carbons (Fsp3) is 1.00. The quantitative estimate of drug-likeness (QED) is 0.536. The molecule has 0 bridgehead atoms. The van der Waals surface area contributed by atoms with Crippen LogP contribution in [0.5, 0.6) is 0 Å². The van der Waals surface area contributed by atoms with Crippen molar-refractivity contribution < 1.29 is 0 Å². The van der Waals surface area contributed by atoms with Crippen molar-refractivity contribution in [1.82, 2.24) is 10.6 Å². The van der Waals surface area contributed by atoms with Gasteiger partial charge in [-0.05, 0) is 51.0 Å². The van der Waals surface area contributed by atoms with Crippen LogP contribution in [0.2, 0.25) is 0 Å². The van der Waals surface area contributed by atoms with E-state index in [1.165, 1.54) is 25.1 Å². The molecule has 0 heterocycles. The largest absolute Gasteiger partial charge is 0.317 e. The maximum Gasteiger partial charge on any atom is -0.00368 e. The van der Waals surface area contributed by atoms with Crippen LogP contribution in [-0.4, -0.2) is 38.2 Å². The first-order chi connectivity index (χ1) is 5.91. The molecule has 0 atom stereocenters. The molecule has 0 aliphatic carbocycles. The van der Waals surface area contributed by atoms with Crippen molar-refractivity contribution in [2.24, 2.45) is 0 Å². The van der Waals surface area contributed by atoms with Crippen LogP contribution in [0.4, 0.5) is 0 Å². The first-order valence-corrected chi connectivity index (χ1v) is 6.21. The van der Waals surface area contributed by atoms with E-state index in [9.17, 15) is 0 Å². The topological polar surface area (TPSA) is 24.1 Å². The summed E-state index contributed by atoms with van der Waals surface area (Å²) < 4.78 is 0. The Balaban J connectivity index is 2.73. The molecule has 0 amide bonds. The Kier molecular flexibility index (Phi) is 11.5. The molecule has 0 radical (unpaired) electrons. The number of thioether (sulfide) groups is 1. The van der Waals surface area contributed by atoms with Gasteiger partial charge in [-0.25, -0.2) is 0 Å². The highest BCUT2D eigenvalue weighted by Gasteiger charge is 1.87. The molecular formula is C9H22N2S. The third-order valence-corrected chi connectivity index (χ3v) is 2.36. The summed E-state index contributed by atoms with van der Waals surface area (Å²) in [5.41, 5.74) is 0. The van der Waals surface area contributed by atoms with Gasteiger partial charge in [0, 0.05) is 0 Å². The molecule has 0 rings (SSSR count). The molecule has 2 N–H and O–H groups in total. The third-order valence-electron chi connectivity index (χ3n) is 1.66. The molecule has 74 valence electrons. The molecule has 12 heavy (non-hydrogen) atoms. The highest BCUT2D eigenvalue weighted by molar-refractivity contribution is 7.98. The molecule has 0 aromatic rings. The minimum absolute atomic E-state index is 1.09. The molecule has 0 aromatic heterocycles. The van der Waals surface area contributed by atoms with Crippen LogP contribution in [0.3, 0.4) is 0 Å². The van der Waals surface area contributed by atoms with Crippen LogP contribution < -0.4 is 10.6 Å². The second-order valence-electron chi connectivity index (χ2n) is 2.80. The van der Waals surface area contributed by atoms with E-state index >= 15 is 0 Å². The lowest BCUT2D eigenvalue weighted by Gasteiger charge is -2.03. The van der Waals surface area contributed by atoms with Crippen LogP contribution in [0.1, 0.15) is 19.8 Å². The van der Waals surface area contributed by atoms with Crippen LogP contribution in [-0.2, 0) is 0 Å². The molecule has 2 nitrogen and oxygen atoms in total. The minimum Gasteiger partial charge on any atom is -0.317 e. The van der Waals surface area contributed by atoms with Gasteiger partial charge >= 0.3 is 0 Å². The average Bonchev–Trinajstić information content (AvgIpc) is 2.10. The van der Waals surface area contributed by atoms with Gasteiger partial charge in [0.1, 0.15) is 0 Å². The lowest BCUT2D eigenvalue weighted by atomic mass is 10.4. The zero-order chi connectivity index (χ0) is 9.07. The van der Waals surface area contributed by atoms with Gasteiger partial charge in [-0.15, -0.1) is 0 Å². The Morgan fingerprint density at radius 3 is 2.33 bits per heavy atom. The van der Waals surface area contributed by atoms with Gasteiger partial charge in [0.15, 0.2) is 0 Å². The van der Waals surface area contributed by atoms with E-state index in [-0.39, 0.29) is 0 Å². The van der Waals surface area contributed by atoms with Gasteiger partial charge in [0.2, 0.25) is 0 Å². The van der Waals surface area contributed by atoms with Crippen molar-refractivity contribution in [3.05, 3.63) is 0 Å². The van der Waals surface area contributed by atoms with E-state index in [2.05, 4.69) is 23.8 Å². The monoisotopic (exact) mass is 190 g/mol. The summed E-state index contributed by atoms with van der Waals surface area (Å²) in [6.45, 7) is 6.71. The van der Waals surface area contributed by atoms with E-state index in [0.29, 0.717) is 0 Å². The van der Waals surface area contributed by atoms with Crippen molar-refractivity contribution >= 4 is 11.8 Å². The van der Waals surface area contributed by atoms with Crippen molar-refractivity contribution in [3.63, 3.8) is 0 Å². The van der Waals surface area contributed by atoms with E-state index in [1.54, 1.807) is 0 Å². The lowest BCUT2D eigenvalue weighted by molar-refractivity contribution is 0.604. The fourth-order valence-corrected chi connectivity index (χ4v) is 1.41. The molecule has 0 unspecified atom stereocenters. The van der Waals surface area contributed by atoms with Gasteiger partial charge in [-0.3, -0.25) is 0 Å². The van der Waals surface area contributed by atoms with E-state index in [4.69, 9.17) is 0 Å². The highest BCUT2D eigenvalue weighted by Crippen LogP contribution is 1.92. The van der Waals surface area contributed by atoms with Crippen LogP contribution in [0, 0.1) is 0 Å².